The van der Waals surface area contributed by atoms with E-state index in [-0.39, 0.29) is 0 Å². The van der Waals surface area contributed by atoms with Gasteiger partial charge in [-0.25, -0.2) is 0 Å². The summed E-state index contributed by atoms with van der Waals surface area (Å²) in [4.78, 5) is 5.26. The molecule has 0 amide bonds. The fraction of sp³-hybridized carbons (Fsp3) is 0.867. The van der Waals surface area contributed by atoms with Gasteiger partial charge >= 0.3 is 0 Å². The number of fused-ring (bicyclic) bond motifs is 5. The van der Waals surface area contributed by atoms with Gasteiger partial charge in [0.15, 0.2) is 0 Å². The van der Waals surface area contributed by atoms with Gasteiger partial charge in [-0.05, 0) is 43.2 Å². The van der Waals surface area contributed by atoms with E-state index in [4.69, 9.17) is 0 Å². The molecule has 3 aliphatic rings. The Bertz CT molecular complexity index is 275. The van der Waals surface area contributed by atoms with E-state index in [1.807, 2.05) is 0 Å². The number of hydrogen-bond donors (Lipinski definition) is 0. The minimum absolute atomic E-state index is 0.934. The van der Waals surface area contributed by atoms with Crippen molar-refractivity contribution < 1.29 is 0 Å². The molecule has 0 radical (unpaired) electrons. The Balaban J connectivity index is 1.49. The summed E-state index contributed by atoms with van der Waals surface area (Å²) in [6.07, 6.45) is 6.47. The predicted molar refractivity (Wildman–Crippen MR) is 71.9 cm³/mol. The largest absolute Gasteiger partial charge is 0.303 e. The van der Waals surface area contributed by atoms with Crippen LogP contribution in [0.25, 0.3) is 0 Å². The van der Waals surface area contributed by atoms with Crippen LogP contribution < -0.4 is 0 Å². The molecule has 3 rings (SSSR count). The van der Waals surface area contributed by atoms with Crippen molar-refractivity contribution in [3.63, 3.8) is 0 Å². The van der Waals surface area contributed by atoms with Gasteiger partial charge in [0.25, 0.3) is 0 Å². The lowest BCUT2D eigenvalue weighted by Crippen LogP contribution is -2.34. The summed E-state index contributed by atoms with van der Waals surface area (Å²) in [6.45, 7) is 12.2. The lowest BCUT2D eigenvalue weighted by molar-refractivity contribution is 0.227. The third-order valence-corrected chi connectivity index (χ3v) is 5.36. The highest BCUT2D eigenvalue weighted by molar-refractivity contribution is 5.16. The van der Waals surface area contributed by atoms with E-state index in [0.717, 1.165) is 23.7 Å². The lowest BCUT2D eigenvalue weighted by Gasteiger charge is -2.23. The zero-order valence-corrected chi connectivity index (χ0v) is 11.3. The molecule has 4 atom stereocenters. The van der Waals surface area contributed by atoms with Crippen molar-refractivity contribution in [3.05, 3.63) is 12.2 Å². The molecule has 2 nitrogen and oxygen atoms in total. The molecule has 0 unspecified atom stereocenters. The Morgan fingerprint density at radius 2 is 1.65 bits per heavy atom. The van der Waals surface area contributed by atoms with Crippen LogP contribution in [-0.4, -0.2) is 49.1 Å². The molecular weight excluding hydrogens is 208 g/mol. The Morgan fingerprint density at radius 3 is 2.18 bits per heavy atom. The second kappa shape index (κ2) is 4.74. The molecule has 1 saturated carbocycles. The minimum atomic E-state index is 0.934. The first-order chi connectivity index (χ1) is 8.31. The van der Waals surface area contributed by atoms with E-state index in [0.29, 0.717) is 0 Å². The van der Waals surface area contributed by atoms with Crippen molar-refractivity contribution in [1.82, 2.24) is 9.80 Å². The molecule has 1 heterocycles. The van der Waals surface area contributed by atoms with Gasteiger partial charge in [-0.1, -0.05) is 26.0 Å². The van der Waals surface area contributed by atoms with Gasteiger partial charge in [0.05, 0.1) is 0 Å². The van der Waals surface area contributed by atoms with Crippen molar-refractivity contribution in [2.45, 2.75) is 20.3 Å². The summed E-state index contributed by atoms with van der Waals surface area (Å²) < 4.78 is 0. The van der Waals surface area contributed by atoms with Crippen molar-refractivity contribution >= 4 is 0 Å². The standard InChI is InChI=1S/C15H26N2/c1-3-16(4-2)7-8-17-10-14-12-5-6-13(9-12)15(14)11-17/h5-6,12-15H,3-4,7-11H2,1-2H3/t12-,13+,14-,15-/m0/s1. The second-order valence-corrected chi connectivity index (χ2v) is 6.06. The highest BCUT2D eigenvalue weighted by atomic mass is 15.2. The Morgan fingerprint density at radius 1 is 1.06 bits per heavy atom. The summed E-state index contributed by atoms with van der Waals surface area (Å²) >= 11 is 0. The highest BCUT2D eigenvalue weighted by Gasteiger charge is 2.48. The zero-order valence-electron chi connectivity index (χ0n) is 11.3. The molecule has 1 saturated heterocycles. The first kappa shape index (κ1) is 11.7. The number of likely N-dealkylation sites (tertiary alicyclic amines) is 1. The average molecular weight is 234 g/mol. The van der Waals surface area contributed by atoms with Crippen LogP contribution in [0.3, 0.4) is 0 Å². The molecule has 0 aromatic carbocycles. The normalized spacial score (nSPS) is 39.5. The molecule has 17 heavy (non-hydrogen) atoms. The topological polar surface area (TPSA) is 6.48 Å². The summed E-state index contributed by atoms with van der Waals surface area (Å²) in [5.74, 6) is 3.87. The van der Waals surface area contributed by atoms with E-state index in [2.05, 4.69) is 35.8 Å². The monoisotopic (exact) mass is 234 g/mol. The third-order valence-electron chi connectivity index (χ3n) is 5.36. The maximum Gasteiger partial charge on any atom is 0.0110 e. The predicted octanol–water partition coefficient (Wildman–Crippen LogP) is 2.08. The van der Waals surface area contributed by atoms with Gasteiger partial charge in [-0.15, -0.1) is 0 Å². The molecule has 0 aromatic heterocycles. The van der Waals surface area contributed by atoms with E-state index in [1.54, 1.807) is 0 Å². The van der Waals surface area contributed by atoms with Crippen LogP contribution in [0, 0.1) is 23.7 Å². The molecule has 96 valence electrons. The van der Waals surface area contributed by atoms with Crippen molar-refractivity contribution in [2.24, 2.45) is 23.7 Å². The first-order valence-corrected chi connectivity index (χ1v) is 7.44. The third kappa shape index (κ3) is 2.06. The smallest absolute Gasteiger partial charge is 0.0110 e. The lowest BCUT2D eigenvalue weighted by atomic mass is 9.86. The summed E-state index contributed by atoms with van der Waals surface area (Å²) in [5, 5.41) is 0. The average Bonchev–Trinajstić information content (AvgIpc) is 3.02. The van der Waals surface area contributed by atoms with Crippen LogP contribution in [-0.2, 0) is 0 Å². The van der Waals surface area contributed by atoms with E-state index < -0.39 is 0 Å². The van der Waals surface area contributed by atoms with Crippen molar-refractivity contribution in [1.29, 1.82) is 0 Å². The molecule has 0 aromatic rings. The summed E-state index contributed by atoms with van der Waals surface area (Å²) in [5.41, 5.74) is 0. The molecule has 2 aliphatic carbocycles. The van der Waals surface area contributed by atoms with Crippen LogP contribution in [0.1, 0.15) is 20.3 Å². The molecule has 2 heteroatoms. The van der Waals surface area contributed by atoms with Gasteiger partial charge in [0, 0.05) is 26.2 Å². The Kier molecular flexibility index (Phi) is 3.27. The summed E-state index contributed by atoms with van der Waals surface area (Å²) in [6, 6.07) is 0. The van der Waals surface area contributed by atoms with Crippen LogP contribution in [0.2, 0.25) is 0 Å². The fourth-order valence-electron chi connectivity index (χ4n) is 4.24. The molecule has 0 N–H and O–H groups in total. The SMILES string of the molecule is CCN(CC)CCN1C[C@@H]2[C@@H](C1)[C@H]1C=C[C@@H]2C1. The second-order valence-electron chi connectivity index (χ2n) is 6.06. The van der Waals surface area contributed by atoms with E-state index in [9.17, 15) is 0 Å². The van der Waals surface area contributed by atoms with Crippen LogP contribution in [0.5, 0.6) is 0 Å². The molecule has 0 spiro atoms. The van der Waals surface area contributed by atoms with E-state index >= 15 is 0 Å². The molecule has 2 bridgehead atoms. The first-order valence-electron chi connectivity index (χ1n) is 7.44. The number of rotatable bonds is 5. The highest BCUT2D eigenvalue weighted by Crippen LogP contribution is 2.51. The quantitative estimate of drug-likeness (QED) is 0.672. The van der Waals surface area contributed by atoms with Crippen molar-refractivity contribution in [3.8, 4) is 0 Å². The molecule has 1 aliphatic heterocycles. The van der Waals surface area contributed by atoms with Crippen LogP contribution >= 0.6 is 0 Å². The zero-order chi connectivity index (χ0) is 11.8. The Labute approximate surface area is 106 Å². The minimum Gasteiger partial charge on any atom is -0.303 e. The van der Waals surface area contributed by atoms with E-state index in [1.165, 1.54) is 45.7 Å². The Hall–Kier alpha value is -0.340. The van der Waals surface area contributed by atoms with Gasteiger partial charge < -0.3 is 9.80 Å². The maximum absolute atomic E-state index is 2.72. The molecule has 2 fully saturated rings. The fourth-order valence-corrected chi connectivity index (χ4v) is 4.24. The van der Waals surface area contributed by atoms with Crippen molar-refractivity contribution in [2.75, 3.05) is 39.3 Å². The number of nitrogens with zero attached hydrogens (tertiary/aromatic N) is 2. The van der Waals surface area contributed by atoms with Gasteiger partial charge in [0.1, 0.15) is 0 Å². The maximum atomic E-state index is 2.72. The van der Waals surface area contributed by atoms with Gasteiger partial charge in [-0.3, -0.25) is 0 Å². The number of likely N-dealkylation sites (N-methyl/N-ethyl adjacent to an activating group) is 1. The summed E-state index contributed by atoms with van der Waals surface area (Å²) in [7, 11) is 0. The number of allylic oxidation sites excluding steroid dienone is 2. The van der Waals surface area contributed by atoms with Crippen LogP contribution in [0.15, 0.2) is 12.2 Å². The van der Waals surface area contributed by atoms with Gasteiger partial charge in [-0.2, -0.15) is 0 Å². The molecular formula is C15H26N2. The van der Waals surface area contributed by atoms with Gasteiger partial charge in [0.2, 0.25) is 0 Å². The van der Waals surface area contributed by atoms with Crippen LogP contribution in [0.4, 0.5) is 0 Å². The number of hydrogen-bond acceptors (Lipinski definition) is 2.